The molecule has 1 aromatic heterocycles. The maximum atomic E-state index is 5.27. The second-order valence-corrected chi connectivity index (χ2v) is 3.69. The van der Waals surface area contributed by atoms with Gasteiger partial charge in [-0.25, -0.2) is 4.98 Å². The average molecular weight is 205 g/mol. The predicted molar refractivity (Wildman–Crippen MR) is 57.9 cm³/mol. The highest BCUT2D eigenvalue weighted by Crippen LogP contribution is 2.20. The summed E-state index contributed by atoms with van der Waals surface area (Å²) in [6, 6.07) is 8.04. The molecule has 2 nitrogen and oxygen atoms in total. The van der Waals surface area contributed by atoms with Crippen molar-refractivity contribution in [2.24, 2.45) is 0 Å². The third-order valence-corrected chi connectivity index (χ3v) is 2.68. The fourth-order valence-electron chi connectivity index (χ4n) is 1.37. The quantitative estimate of drug-likeness (QED) is 0.768. The molecule has 0 atom stereocenters. The molecular weight excluding hydrogens is 194 g/mol. The lowest BCUT2D eigenvalue weighted by atomic mass is 10.1. The minimum Gasteiger partial charge on any atom is -0.496 e. The number of aromatic nitrogens is 1. The van der Waals surface area contributed by atoms with Gasteiger partial charge in [0.25, 0.3) is 0 Å². The monoisotopic (exact) mass is 205 g/mol. The van der Waals surface area contributed by atoms with E-state index in [9.17, 15) is 0 Å². The zero-order valence-corrected chi connectivity index (χ0v) is 8.75. The summed E-state index contributed by atoms with van der Waals surface area (Å²) in [7, 11) is 1.69. The van der Waals surface area contributed by atoms with Crippen molar-refractivity contribution in [3.05, 3.63) is 46.4 Å². The van der Waals surface area contributed by atoms with E-state index in [0.717, 1.165) is 17.9 Å². The van der Waals surface area contributed by atoms with Gasteiger partial charge in [0.05, 0.1) is 18.3 Å². The van der Waals surface area contributed by atoms with E-state index in [1.54, 1.807) is 18.4 Å². The molecule has 0 aliphatic carbocycles. The first kappa shape index (κ1) is 9.21. The van der Waals surface area contributed by atoms with Gasteiger partial charge in [0, 0.05) is 17.4 Å². The standard InChI is InChI=1S/C11H11NOS/c1-13-11-5-3-2-4-9(11)6-10-7-14-8-12-10/h2-5,7-8H,6H2,1H3. The van der Waals surface area contributed by atoms with Crippen molar-refractivity contribution in [1.82, 2.24) is 4.98 Å². The topological polar surface area (TPSA) is 22.1 Å². The van der Waals surface area contributed by atoms with Crippen LogP contribution in [0.4, 0.5) is 0 Å². The fraction of sp³-hybridized carbons (Fsp3) is 0.182. The van der Waals surface area contributed by atoms with Crippen LogP contribution in [0.3, 0.4) is 0 Å². The first-order valence-corrected chi connectivity index (χ1v) is 5.33. The van der Waals surface area contributed by atoms with Crippen LogP contribution in [0.5, 0.6) is 5.75 Å². The van der Waals surface area contributed by atoms with Gasteiger partial charge >= 0.3 is 0 Å². The van der Waals surface area contributed by atoms with Gasteiger partial charge in [0.2, 0.25) is 0 Å². The van der Waals surface area contributed by atoms with Crippen molar-refractivity contribution in [1.29, 1.82) is 0 Å². The first-order chi connectivity index (χ1) is 6.90. The Kier molecular flexibility index (Phi) is 2.79. The zero-order chi connectivity index (χ0) is 9.80. The summed E-state index contributed by atoms with van der Waals surface area (Å²) in [5.41, 5.74) is 4.13. The van der Waals surface area contributed by atoms with Crippen LogP contribution in [-0.2, 0) is 6.42 Å². The van der Waals surface area contributed by atoms with Gasteiger partial charge in [0.15, 0.2) is 0 Å². The lowest BCUT2D eigenvalue weighted by molar-refractivity contribution is 0.410. The summed E-state index contributed by atoms with van der Waals surface area (Å²) in [6.45, 7) is 0. The maximum absolute atomic E-state index is 5.27. The highest BCUT2D eigenvalue weighted by Gasteiger charge is 2.03. The van der Waals surface area contributed by atoms with Crippen LogP contribution in [0.25, 0.3) is 0 Å². The summed E-state index contributed by atoms with van der Waals surface area (Å²) in [5.74, 6) is 0.931. The minimum absolute atomic E-state index is 0.841. The molecule has 0 fully saturated rings. The van der Waals surface area contributed by atoms with Crippen LogP contribution in [0.2, 0.25) is 0 Å². The lowest BCUT2D eigenvalue weighted by Gasteiger charge is -2.05. The van der Waals surface area contributed by atoms with E-state index in [0.29, 0.717) is 0 Å². The van der Waals surface area contributed by atoms with Crippen LogP contribution < -0.4 is 4.74 Å². The average Bonchev–Trinajstić information content (AvgIpc) is 2.71. The molecule has 2 rings (SSSR count). The SMILES string of the molecule is COc1ccccc1Cc1cscn1. The molecule has 1 heterocycles. The van der Waals surface area contributed by atoms with Crippen molar-refractivity contribution in [3.63, 3.8) is 0 Å². The smallest absolute Gasteiger partial charge is 0.122 e. The third-order valence-electron chi connectivity index (χ3n) is 2.05. The normalized spacial score (nSPS) is 10.1. The molecule has 0 aliphatic rings. The lowest BCUT2D eigenvalue weighted by Crippen LogP contribution is -1.93. The molecule has 0 unspecified atom stereocenters. The van der Waals surface area contributed by atoms with Crippen LogP contribution in [0, 0.1) is 0 Å². The number of thiazole rings is 1. The highest BCUT2D eigenvalue weighted by molar-refractivity contribution is 7.07. The highest BCUT2D eigenvalue weighted by atomic mass is 32.1. The number of hydrogen-bond donors (Lipinski definition) is 0. The Morgan fingerprint density at radius 1 is 1.36 bits per heavy atom. The van der Waals surface area contributed by atoms with Crippen molar-refractivity contribution in [3.8, 4) is 5.75 Å². The van der Waals surface area contributed by atoms with Gasteiger partial charge < -0.3 is 4.74 Å². The second-order valence-electron chi connectivity index (χ2n) is 2.97. The van der Waals surface area contributed by atoms with E-state index in [2.05, 4.69) is 16.4 Å². The summed E-state index contributed by atoms with van der Waals surface area (Å²) in [6.07, 6.45) is 0.841. The molecule has 0 spiro atoms. The Morgan fingerprint density at radius 2 is 2.21 bits per heavy atom. The number of para-hydroxylation sites is 1. The molecule has 2 aromatic rings. The number of ether oxygens (including phenoxy) is 1. The fourth-order valence-corrected chi connectivity index (χ4v) is 1.93. The van der Waals surface area contributed by atoms with E-state index in [1.165, 1.54) is 5.56 Å². The van der Waals surface area contributed by atoms with E-state index in [1.807, 2.05) is 23.7 Å². The molecule has 3 heteroatoms. The van der Waals surface area contributed by atoms with Crippen LogP contribution in [0.1, 0.15) is 11.3 Å². The van der Waals surface area contributed by atoms with E-state index in [-0.39, 0.29) is 0 Å². The van der Waals surface area contributed by atoms with Gasteiger partial charge in [-0.2, -0.15) is 0 Å². The summed E-state index contributed by atoms with van der Waals surface area (Å²) in [5, 5.41) is 2.06. The molecule has 0 amide bonds. The molecular formula is C11H11NOS. The number of hydrogen-bond acceptors (Lipinski definition) is 3. The van der Waals surface area contributed by atoms with E-state index in [4.69, 9.17) is 4.74 Å². The Labute approximate surface area is 87.2 Å². The number of benzene rings is 1. The van der Waals surface area contributed by atoms with Gasteiger partial charge in [-0.15, -0.1) is 11.3 Å². The summed E-state index contributed by atoms with van der Waals surface area (Å²) >= 11 is 1.62. The Hall–Kier alpha value is -1.35. The van der Waals surface area contributed by atoms with Crippen LogP contribution in [-0.4, -0.2) is 12.1 Å². The third kappa shape index (κ3) is 1.93. The Morgan fingerprint density at radius 3 is 2.93 bits per heavy atom. The minimum atomic E-state index is 0.841. The van der Waals surface area contributed by atoms with Gasteiger partial charge in [0.1, 0.15) is 5.75 Å². The number of methoxy groups -OCH3 is 1. The Balaban J connectivity index is 2.24. The largest absolute Gasteiger partial charge is 0.496 e. The van der Waals surface area contributed by atoms with Gasteiger partial charge in [-0.1, -0.05) is 18.2 Å². The molecule has 0 bridgehead atoms. The van der Waals surface area contributed by atoms with Gasteiger partial charge in [-0.3, -0.25) is 0 Å². The predicted octanol–water partition coefficient (Wildman–Crippen LogP) is 2.74. The number of nitrogens with zero attached hydrogens (tertiary/aromatic N) is 1. The summed E-state index contributed by atoms with van der Waals surface area (Å²) in [4.78, 5) is 4.25. The van der Waals surface area contributed by atoms with Crippen molar-refractivity contribution < 1.29 is 4.74 Å². The summed E-state index contributed by atoms with van der Waals surface area (Å²) < 4.78 is 5.27. The van der Waals surface area contributed by atoms with Crippen molar-refractivity contribution in [2.45, 2.75) is 6.42 Å². The second kappa shape index (κ2) is 4.24. The van der Waals surface area contributed by atoms with Crippen molar-refractivity contribution >= 4 is 11.3 Å². The van der Waals surface area contributed by atoms with E-state index >= 15 is 0 Å². The molecule has 0 radical (unpaired) electrons. The van der Waals surface area contributed by atoms with Crippen molar-refractivity contribution in [2.75, 3.05) is 7.11 Å². The molecule has 0 saturated heterocycles. The molecule has 0 N–H and O–H groups in total. The molecule has 0 saturated carbocycles. The zero-order valence-electron chi connectivity index (χ0n) is 7.93. The van der Waals surface area contributed by atoms with Crippen LogP contribution >= 0.6 is 11.3 Å². The molecule has 14 heavy (non-hydrogen) atoms. The molecule has 1 aromatic carbocycles. The number of rotatable bonds is 3. The van der Waals surface area contributed by atoms with Gasteiger partial charge in [-0.05, 0) is 6.07 Å². The van der Waals surface area contributed by atoms with E-state index < -0.39 is 0 Å². The first-order valence-electron chi connectivity index (χ1n) is 4.39. The Bertz CT molecular complexity index is 397. The van der Waals surface area contributed by atoms with Crippen LogP contribution in [0.15, 0.2) is 35.2 Å². The maximum Gasteiger partial charge on any atom is 0.122 e. The molecule has 72 valence electrons. The molecule has 0 aliphatic heterocycles.